The van der Waals surface area contributed by atoms with Gasteiger partial charge < -0.3 is 15.4 Å². The van der Waals surface area contributed by atoms with Crippen LogP contribution in [0, 0.1) is 0 Å². The van der Waals surface area contributed by atoms with Gasteiger partial charge in [-0.2, -0.15) is 0 Å². The number of nitrogens with one attached hydrogen (secondary N) is 2. The number of benzene rings is 1. The molecule has 2 bridgehead atoms. The van der Waals surface area contributed by atoms with Crippen molar-refractivity contribution in [2.24, 2.45) is 0 Å². The van der Waals surface area contributed by atoms with Gasteiger partial charge in [0, 0.05) is 23.0 Å². The number of hydrogen-bond donors (Lipinski definition) is 2. The van der Waals surface area contributed by atoms with Gasteiger partial charge in [-0.15, -0.1) is 23.7 Å². The van der Waals surface area contributed by atoms with Gasteiger partial charge in [0.1, 0.15) is 10.6 Å². The average Bonchev–Trinajstić information content (AvgIpc) is 3.19. The predicted octanol–water partition coefficient (Wildman–Crippen LogP) is 3.86. The summed E-state index contributed by atoms with van der Waals surface area (Å²) in [6.45, 7) is 0. The quantitative estimate of drug-likeness (QED) is 0.849. The van der Waals surface area contributed by atoms with Crippen LogP contribution in [0.5, 0.6) is 5.75 Å². The first-order valence-electron chi connectivity index (χ1n) is 8.53. The Morgan fingerprint density at radius 1 is 1.20 bits per heavy atom. The number of hydrogen-bond acceptors (Lipinski definition) is 4. The van der Waals surface area contributed by atoms with Crippen LogP contribution in [-0.4, -0.2) is 31.1 Å². The Bertz CT molecular complexity index is 722. The summed E-state index contributed by atoms with van der Waals surface area (Å²) in [6.07, 6.45) is 4.53. The van der Waals surface area contributed by atoms with Crippen molar-refractivity contribution in [3.63, 3.8) is 0 Å². The van der Waals surface area contributed by atoms with E-state index >= 15 is 0 Å². The third kappa shape index (κ3) is 3.84. The predicted molar refractivity (Wildman–Crippen MR) is 104 cm³/mol. The largest absolute Gasteiger partial charge is 0.495 e. The molecular formula is C19H23ClN2O2S. The number of methoxy groups -OCH3 is 1. The molecule has 0 radical (unpaired) electrons. The molecule has 0 aliphatic carbocycles. The molecule has 2 N–H and O–H groups in total. The molecule has 2 aliphatic heterocycles. The number of amides is 1. The molecule has 2 unspecified atom stereocenters. The first-order valence-corrected chi connectivity index (χ1v) is 9.34. The van der Waals surface area contributed by atoms with Crippen molar-refractivity contribution < 1.29 is 9.53 Å². The fourth-order valence-electron chi connectivity index (χ4n) is 3.85. The van der Waals surface area contributed by atoms with E-state index < -0.39 is 0 Å². The van der Waals surface area contributed by atoms with Crippen LogP contribution in [-0.2, 0) is 0 Å². The minimum absolute atomic E-state index is 0. The zero-order valence-electron chi connectivity index (χ0n) is 14.2. The molecule has 1 aromatic carbocycles. The van der Waals surface area contributed by atoms with Crippen LogP contribution in [0.2, 0.25) is 0 Å². The van der Waals surface area contributed by atoms with Gasteiger partial charge >= 0.3 is 0 Å². The van der Waals surface area contributed by atoms with Crippen molar-refractivity contribution in [1.82, 2.24) is 10.6 Å². The van der Waals surface area contributed by atoms with Crippen molar-refractivity contribution >= 4 is 29.7 Å². The van der Waals surface area contributed by atoms with Crippen LogP contribution in [0.1, 0.15) is 35.4 Å². The Kier molecular flexibility index (Phi) is 5.67. The zero-order valence-corrected chi connectivity index (χ0v) is 15.8. The third-order valence-electron chi connectivity index (χ3n) is 4.99. The van der Waals surface area contributed by atoms with E-state index in [0.717, 1.165) is 23.3 Å². The Morgan fingerprint density at radius 2 is 1.88 bits per heavy atom. The standard InChI is InChI=1S/C19H22N2O2S.ClH/c1-23-16-11-17(12-5-3-2-4-6-12)24-18(16)19(22)21-15-9-13-7-8-14(10-15)20-13;/h2-6,11,13-15,20H,7-10H2,1H3,(H,21,22);1H. The number of carbonyl (C=O) groups is 1. The van der Waals surface area contributed by atoms with Gasteiger partial charge in [0.05, 0.1) is 7.11 Å². The maximum Gasteiger partial charge on any atom is 0.265 e. The first-order chi connectivity index (χ1) is 11.7. The minimum atomic E-state index is -0.00895. The lowest BCUT2D eigenvalue weighted by molar-refractivity contribution is 0.0925. The summed E-state index contributed by atoms with van der Waals surface area (Å²) in [5, 5.41) is 6.84. The third-order valence-corrected chi connectivity index (χ3v) is 6.15. The summed E-state index contributed by atoms with van der Waals surface area (Å²) in [6, 6.07) is 13.5. The van der Waals surface area contributed by atoms with E-state index in [9.17, 15) is 4.79 Å². The summed E-state index contributed by atoms with van der Waals surface area (Å²) in [5.74, 6) is 0.651. The van der Waals surface area contributed by atoms with E-state index in [-0.39, 0.29) is 24.4 Å². The second-order valence-corrected chi connectivity index (χ2v) is 7.71. The topological polar surface area (TPSA) is 50.4 Å². The molecule has 2 aliphatic rings. The number of carbonyl (C=O) groups excluding carboxylic acids is 1. The number of fused-ring (bicyclic) bond motifs is 2. The highest BCUT2D eigenvalue weighted by atomic mass is 35.5. The smallest absolute Gasteiger partial charge is 0.265 e. The molecule has 1 amide bonds. The molecule has 2 saturated heterocycles. The van der Waals surface area contributed by atoms with Crippen molar-refractivity contribution in [1.29, 1.82) is 0 Å². The van der Waals surface area contributed by atoms with E-state index in [1.807, 2.05) is 24.3 Å². The Hall–Kier alpha value is -1.56. The summed E-state index contributed by atoms with van der Waals surface area (Å²) in [5.41, 5.74) is 1.11. The van der Waals surface area contributed by atoms with Crippen LogP contribution in [0.25, 0.3) is 10.4 Å². The Morgan fingerprint density at radius 3 is 2.52 bits per heavy atom. The lowest BCUT2D eigenvalue weighted by Gasteiger charge is -2.29. The SMILES string of the molecule is COc1cc(-c2ccccc2)sc1C(=O)NC1CC2CCC(C1)N2.Cl. The van der Waals surface area contributed by atoms with Crippen molar-refractivity contribution in [2.45, 2.75) is 43.8 Å². The van der Waals surface area contributed by atoms with Gasteiger partial charge in [0.15, 0.2) is 0 Å². The molecule has 3 heterocycles. The molecule has 134 valence electrons. The van der Waals surface area contributed by atoms with Crippen molar-refractivity contribution in [3.05, 3.63) is 41.3 Å². The van der Waals surface area contributed by atoms with Crippen LogP contribution < -0.4 is 15.4 Å². The molecule has 2 aromatic rings. The van der Waals surface area contributed by atoms with Gasteiger partial charge in [0.25, 0.3) is 5.91 Å². The minimum Gasteiger partial charge on any atom is -0.495 e. The molecular weight excluding hydrogens is 356 g/mol. The molecule has 25 heavy (non-hydrogen) atoms. The van der Waals surface area contributed by atoms with E-state index in [1.54, 1.807) is 7.11 Å². The van der Waals surface area contributed by atoms with Gasteiger partial charge in [-0.25, -0.2) is 0 Å². The highest BCUT2D eigenvalue weighted by molar-refractivity contribution is 7.17. The second-order valence-electron chi connectivity index (χ2n) is 6.65. The lowest BCUT2D eigenvalue weighted by atomic mass is 10.00. The fraction of sp³-hybridized carbons (Fsp3) is 0.421. The van der Waals surface area contributed by atoms with Crippen LogP contribution in [0.3, 0.4) is 0 Å². The summed E-state index contributed by atoms with van der Waals surface area (Å²) < 4.78 is 5.45. The number of halogens is 1. The van der Waals surface area contributed by atoms with Crippen LogP contribution in [0.15, 0.2) is 36.4 Å². The molecule has 4 nitrogen and oxygen atoms in total. The number of thiophene rings is 1. The van der Waals surface area contributed by atoms with E-state index in [2.05, 4.69) is 22.8 Å². The number of piperidine rings is 1. The molecule has 2 fully saturated rings. The highest BCUT2D eigenvalue weighted by Crippen LogP contribution is 2.36. The Balaban J connectivity index is 0.00000182. The number of ether oxygens (including phenoxy) is 1. The van der Waals surface area contributed by atoms with Crippen molar-refractivity contribution in [2.75, 3.05) is 7.11 Å². The number of rotatable bonds is 4. The monoisotopic (exact) mass is 378 g/mol. The first kappa shape index (κ1) is 18.2. The molecule has 1 aromatic heterocycles. The van der Waals surface area contributed by atoms with Gasteiger partial charge in [-0.05, 0) is 37.3 Å². The van der Waals surface area contributed by atoms with Gasteiger partial charge in [-0.3, -0.25) is 4.79 Å². The van der Waals surface area contributed by atoms with E-state index in [1.165, 1.54) is 24.2 Å². The van der Waals surface area contributed by atoms with Crippen molar-refractivity contribution in [3.8, 4) is 16.2 Å². The summed E-state index contributed by atoms with van der Waals surface area (Å²) in [7, 11) is 1.62. The molecule has 4 rings (SSSR count). The average molecular weight is 379 g/mol. The lowest BCUT2D eigenvalue weighted by Crippen LogP contribution is -2.47. The normalized spacial score (nSPS) is 24.4. The van der Waals surface area contributed by atoms with Gasteiger partial charge in [-0.1, -0.05) is 30.3 Å². The Labute approximate surface area is 158 Å². The van der Waals surface area contributed by atoms with Crippen LogP contribution >= 0.6 is 23.7 Å². The maximum atomic E-state index is 12.8. The highest BCUT2D eigenvalue weighted by Gasteiger charge is 2.34. The summed E-state index contributed by atoms with van der Waals surface area (Å²) >= 11 is 1.50. The maximum absolute atomic E-state index is 12.8. The molecule has 6 heteroatoms. The summed E-state index contributed by atoms with van der Waals surface area (Å²) in [4.78, 5) is 14.5. The van der Waals surface area contributed by atoms with Gasteiger partial charge in [0.2, 0.25) is 0 Å². The molecule has 0 saturated carbocycles. The second kappa shape index (κ2) is 7.77. The van der Waals surface area contributed by atoms with E-state index in [0.29, 0.717) is 22.7 Å². The fourth-order valence-corrected chi connectivity index (χ4v) is 4.89. The zero-order chi connectivity index (χ0) is 16.5. The van der Waals surface area contributed by atoms with E-state index in [4.69, 9.17) is 4.74 Å². The molecule has 0 spiro atoms. The van der Waals surface area contributed by atoms with Crippen LogP contribution in [0.4, 0.5) is 0 Å². The molecule has 2 atom stereocenters.